The lowest BCUT2D eigenvalue weighted by Crippen LogP contribution is -2.00. The second-order valence-corrected chi connectivity index (χ2v) is 13.6. The standard InChI is InChI=1S/C40H22N4OS2/c1-2-10-23(11-3-1)40-41-29-21-20-24(22-30(29)45-40)37-42-38(27-14-8-18-33-35(27)25-12-4-6-16-31(25)46-33)44-39(43-37)28-15-9-19-34-36(28)26-13-5-7-17-32(26)47-34/h1-22H. The monoisotopic (exact) mass is 638 g/mol. The number of rotatable bonds is 4. The zero-order chi connectivity index (χ0) is 30.9. The Hall–Kier alpha value is -5.76. The molecule has 0 aliphatic carbocycles. The highest BCUT2D eigenvalue weighted by molar-refractivity contribution is 7.26. The minimum atomic E-state index is 0.581. The molecule has 4 aromatic heterocycles. The third-order valence-electron chi connectivity index (χ3n) is 8.59. The Labute approximate surface area is 276 Å². The van der Waals surface area contributed by atoms with Gasteiger partial charge in [-0.05, 0) is 54.6 Å². The number of hydrogen-bond donors (Lipinski definition) is 0. The molecule has 7 heteroatoms. The van der Waals surface area contributed by atoms with E-state index in [9.17, 15) is 0 Å². The lowest BCUT2D eigenvalue weighted by Gasteiger charge is -2.10. The van der Waals surface area contributed by atoms with Gasteiger partial charge in [0.05, 0.1) is 0 Å². The van der Waals surface area contributed by atoms with E-state index in [-0.39, 0.29) is 0 Å². The van der Waals surface area contributed by atoms with Gasteiger partial charge in [-0.1, -0.05) is 78.9 Å². The topological polar surface area (TPSA) is 64.7 Å². The normalized spacial score (nSPS) is 11.8. The van der Waals surface area contributed by atoms with E-state index in [0.717, 1.165) is 38.5 Å². The van der Waals surface area contributed by atoms with Gasteiger partial charge in [-0.25, -0.2) is 19.9 Å². The Morgan fingerprint density at radius 2 is 0.979 bits per heavy atom. The fraction of sp³-hybridized carbons (Fsp3) is 0. The molecule has 0 aliphatic heterocycles. The van der Waals surface area contributed by atoms with E-state index >= 15 is 0 Å². The van der Waals surface area contributed by atoms with E-state index in [4.69, 9.17) is 24.4 Å². The zero-order valence-corrected chi connectivity index (χ0v) is 26.3. The first kappa shape index (κ1) is 26.5. The van der Waals surface area contributed by atoms with Crippen molar-refractivity contribution >= 4 is 74.1 Å². The maximum absolute atomic E-state index is 6.26. The van der Waals surface area contributed by atoms with Gasteiger partial charge >= 0.3 is 0 Å². The van der Waals surface area contributed by atoms with Gasteiger partial charge in [-0.2, -0.15) is 0 Å². The number of hydrogen-bond acceptors (Lipinski definition) is 7. The smallest absolute Gasteiger partial charge is 0.227 e. The Morgan fingerprint density at radius 1 is 0.426 bits per heavy atom. The summed E-state index contributed by atoms with van der Waals surface area (Å²) >= 11 is 3.58. The van der Waals surface area contributed by atoms with Crippen LogP contribution in [0.4, 0.5) is 0 Å². The molecule has 220 valence electrons. The van der Waals surface area contributed by atoms with Gasteiger partial charge in [-0.3, -0.25) is 0 Å². The molecule has 0 atom stereocenters. The summed E-state index contributed by atoms with van der Waals surface area (Å²) < 4.78 is 11.1. The molecular weight excluding hydrogens is 617 g/mol. The molecule has 0 saturated carbocycles. The van der Waals surface area contributed by atoms with Crippen LogP contribution in [-0.4, -0.2) is 19.9 Å². The Morgan fingerprint density at radius 3 is 1.62 bits per heavy atom. The van der Waals surface area contributed by atoms with Crippen LogP contribution in [0.2, 0.25) is 0 Å². The van der Waals surface area contributed by atoms with Gasteiger partial charge in [0.2, 0.25) is 5.89 Å². The van der Waals surface area contributed by atoms with Crippen molar-refractivity contribution in [3.63, 3.8) is 0 Å². The second-order valence-electron chi connectivity index (χ2n) is 11.4. The highest BCUT2D eigenvalue weighted by atomic mass is 32.1. The van der Waals surface area contributed by atoms with Crippen LogP contribution in [0.5, 0.6) is 0 Å². The van der Waals surface area contributed by atoms with Crippen LogP contribution in [0.1, 0.15) is 0 Å². The molecule has 10 aromatic rings. The third-order valence-corrected chi connectivity index (χ3v) is 10.9. The summed E-state index contributed by atoms with van der Waals surface area (Å²) in [6.45, 7) is 0. The summed E-state index contributed by atoms with van der Waals surface area (Å²) in [5.41, 5.74) is 5.21. The summed E-state index contributed by atoms with van der Waals surface area (Å²) in [5, 5.41) is 4.73. The quantitative estimate of drug-likeness (QED) is 0.192. The SMILES string of the molecule is c1ccc(-c2nc3ccc(-c4nc(-c5cccc6sc7ccccc7c56)nc(-c5cccc6sc7ccccc7c56)n4)cc3o2)cc1. The van der Waals surface area contributed by atoms with Crippen molar-refractivity contribution in [1.82, 2.24) is 19.9 Å². The van der Waals surface area contributed by atoms with Crippen LogP contribution < -0.4 is 0 Å². The van der Waals surface area contributed by atoms with Gasteiger partial charge in [-0.15, -0.1) is 22.7 Å². The van der Waals surface area contributed by atoms with Crippen LogP contribution in [0.25, 0.3) is 97.1 Å². The molecule has 0 spiro atoms. The maximum Gasteiger partial charge on any atom is 0.227 e. The van der Waals surface area contributed by atoms with Crippen molar-refractivity contribution in [1.29, 1.82) is 0 Å². The van der Waals surface area contributed by atoms with E-state index in [0.29, 0.717) is 28.9 Å². The van der Waals surface area contributed by atoms with Crippen molar-refractivity contribution < 1.29 is 4.42 Å². The van der Waals surface area contributed by atoms with Crippen molar-refractivity contribution in [3.8, 4) is 45.6 Å². The lowest BCUT2D eigenvalue weighted by molar-refractivity contribution is 0.620. The number of nitrogens with zero attached hydrogens (tertiary/aromatic N) is 4. The van der Waals surface area contributed by atoms with Gasteiger partial charge in [0, 0.05) is 62.6 Å². The molecule has 0 saturated heterocycles. The summed E-state index contributed by atoms with van der Waals surface area (Å²) in [7, 11) is 0. The number of fused-ring (bicyclic) bond motifs is 7. The van der Waals surface area contributed by atoms with Gasteiger partial charge in [0.1, 0.15) is 5.52 Å². The minimum absolute atomic E-state index is 0.581. The zero-order valence-electron chi connectivity index (χ0n) is 24.7. The van der Waals surface area contributed by atoms with Crippen molar-refractivity contribution in [2.24, 2.45) is 0 Å². The maximum atomic E-state index is 6.26. The molecule has 0 N–H and O–H groups in total. The summed E-state index contributed by atoms with van der Waals surface area (Å²) in [4.78, 5) is 20.3. The van der Waals surface area contributed by atoms with Crippen molar-refractivity contribution in [2.45, 2.75) is 0 Å². The second kappa shape index (κ2) is 10.4. The summed E-state index contributed by atoms with van der Waals surface area (Å²) in [6, 6.07) is 45.8. The Kier molecular flexibility index (Phi) is 5.85. The molecule has 0 amide bonds. The number of oxazole rings is 1. The third kappa shape index (κ3) is 4.28. The van der Waals surface area contributed by atoms with Gasteiger partial charge in [0.25, 0.3) is 0 Å². The molecule has 10 rings (SSSR count). The van der Waals surface area contributed by atoms with E-state index in [2.05, 4.69) is 84.9 Å². The van der Waals surface area contributed by atoms with Crippen LogP contribution in [0.15, 0.2) is 138 Å². The first-order valence-corrected chi connectivity index (χ1v) is 16.9. The molecule has 5 nitrogen and oxygen atoms in total. The fourth-order valence-electron chi connectivity index (χ4n) is 6.44. The van der Waals surface area contributed by atoms with E-state index in [1.807, 2.05) is 48.5 Å². The van der Waals surface area contributed by atoms with E-state index in [1.54, 1.807) is 22.7 Å². The van der Waals surface area contributed by atoms with E-state index < -0.39 is 0 Å². The Balaban J connectivity index is 1.23. The highest BCUT2D eigenvalue weighted by Gasteiger charge is 2.20. The lowest BCUT2D eigenvalue weighted by atomic mass is 10.0. The molecule has 6 aromatic carbocycles. The van der Waals surface area contributed by atoms with Gasteiger partial charge in [0.15, 0.2) is 23.1 Å². The average molecular weight is 639 g/mol. The first-order chi connectivity index (χ1) is 23.3. The number of aromatic nitrogens is 4. The van der Waals surface area contributed by atoms with Gasteiger partial charge < -0.3 is 4.42 Å². The van der Waals surface area contributed by atoms with Crippen molar-refractivity contribution in [3.05, 3.63) is 133 Å². The molecule has 0 radical (unpaired) electrons. The number of benzene rings is 6. The average Bonchev–Trinajstić information content (AvgIpc) is 3.84. The van der Waals surface area contributed by atoms with Crippen LogP contribution >= 0.6 is 22.7 Å². The van der Waals surface area contributed by atoms with Crippen LogP contribution in [0, 0.1) is 0 Å². The van der Waals surface area contributed by atoms with E-state index in [1.165, 1.54) is 29.6 Å². The molecule has 0 bridgehead atoms. The predicted molar refractivity (Wildman–Crippen MR) is 195 cm³/mol. The van der Waals surface area contributed by atoms with Crippen LogP contribution in [0.3, 0.4) is 0 Å². The molecule has 0 fully saturated rings. The first-order valence-electron chi connectivity index (χ1n) is 15.3. The van der Waals surface area contributed by atoms with Crippen molar-refractivity contribution in [2.75, 3.05) is 0 Å². The largest absolute Gasteiger partial charge is 0.436 e. The fourth-order valence-corrected chi connectivity index (χ4v) is 8.70. The molecule has 47 heavy (non-hydrogen) atoms. The van der Waals surface area contributed by atoms with Crippen LogP contribution in [-0.2, 0) is 0 Å². The molecule has 0 unspecified atom stereocenters. The highest BCUT2D eigenvalue weighted by Crippen LogP contribution is 2.42. The number of thiophene rings is 2. The molecule has 4 heterocycles. The molecule has 0 aliphatic rings. The molecular formula is C40H22N4OS2. The summed E-state index contributed by atoms with van der Waals surface area (Å²) in [5.74, 6) is 2.44. The Bertz CT molecular complexity index is 2680. The predicted octanol–water partition coefficient (Wildman–Crippen LogP) is 11.4. The minimum Gasteiger partial charge on any atom is -0.436 e. The summed E-state index contributed by atoms with van der Waals surface area (Å²) in [6.07, 6.45) is 0.